The third-order valence-electron chi connectivity index (χ3n) is 4.57. The number of carbonyl (C=O) groups excluding carboxylic acids is 1. The zero-order valence-corrected chi connectivity index (χ0v) is 17.5. The molecule has 0 aliphatic heterocycles. The van der Waals surface area contributed by atoms with E-state index in [0.717, 1.165) is 28.4 Å². The van der Waals surface area contributed by atoms with E-state index in [1.807, 2.05) is 56.3 Å². The molecule has 1 amide bonds. The summed E-state index contributed by atoms with van der Waals surface area (Å²) in [6.45, 7) is 5.51. The Labute approximate surface area is 176 Å². The van der Waals surface area contributed by atoms with Crippen LogP contribution in [-0.4, -0.2) is 43.0 Å². The number of hydrogen-bond donors (Lipinski definition) is 2. The van der Waals surface area contributed by atoms with Crippen molar-refractivity contribution >= 4 is 5.91 Å². The van der Waals surface area contributed by atoms with E-state index < -0.39 is 0 Å². The SMILES string of the molecule is CCOc1ccc(CCNC(=O)c2cn[nH]c2-c2ccc(OC)cc2)cc1OCC. The smallest absolute Gasteiger partial charge is 0.255 e. The first-order valence-corrected chi connectivity index (χ1v) is 10.0. The van der Waals surface area contributed by atoms with Crippen LogP contribution in [-0.2, 0) is 6.42 Å². The Morgan fingerprint density at radius 1 is 1.03 bits per heavy atom. The first-order valence-electron chi connectivity index (χ1n) is 10.0. The van der Waals surface area contributed by atoms with Crippen LogP contribution < -0.4 is 19.5 Å². The standard InChI is InChI=1S/C23H27N3O4/c1-4-29-20-11-6-16(14-21(20)30-5-2)12-13-24-23(27)19-15-25-26-22(19)17-7-9-18(28-3)10-8-17/h6-11,14-15H,4-5,12-13H2,1-3H3,(H,24,27)(H,25,26). The molecule has 0 saturated carbocycles. The van der Waals surface area contributed by atoms with Gasteiger partial charge in [-0.25, -0.2) is 0 Å². The molecule has 2 N–H and O–H groups in total. The van der Waals surface area contributed by atoms with E-state index in [-0.39, 0.29) is 5.91 Å². The van der Waals surface area contributed by atoms with E-state index in [1.165, 1.54) is 0 Å². The van der Waals surface area contributed by atoms with Gasteiger partial charge in [0.15, 0.2) is 11.5 Å². The average Bonchev–Trinajstić information content (AvgIpc) is 3.26. The van der Waals surface area contributed by atoms with Gasteiger partial charge in [-0.2, -0.15) is 5.10 Å². The van der Waals surface area contributed by atoms with Crippen molar-refractivity contribution in [2.45, 2.75) is 20.3 Å². The summed E-state index contributed by atoms with van der Waals surface area (Å²) in [6, 6.07) is 13.3. The van der Waals surface area contributed by atoms with E-state index in [4.69, 9.17) is 14.2 Å². The number of nitrogens with one attached hydrogen (secondary N) is 2. The first-order chi connectivity index (χ1) is 14.7. The fourth-order valence-corrected chi connectivity index (χ4v) is 3.10. The Bertz CT molecular complexity index is 967. The Balaban J connectivity index is 1.63. The van der Waals surface area contributed by atoms with Crippen LogP contribution in [0.1, 0.15) is 29.8 Å². The highest BCUT2D eigenvalue weighted by atomic mass is 16.5. The molecule has 3 aromatic rings. The van der Waals surface area contributed by atoms with Crippen LogP contribution in [0.2, 0.25) is 0 Å². The lowest BCUT2D eigenvalue weighted by atomic mass is 10.1. The van der Waals surface area contributed by atoms with Crippen molar-refractivity contribution < 1.29 is 19.0 Å². The molecule has 1 aromatic heterocycles. The maximum Gasteiger partial charge on any atom is 0.255 e. The Morgan fingerprint density at radius 2 is 1.77 bits per heavy atom. The molecule has 0 unspecified atom stereocenters. The minimum Gasteiger partial charge on any atom is -0.497 e. The van der Waals surface area contributed by atoms with Gasteiger partial charge in [-0.15, -0.1) is 0 Å². The third-order valence-corrected chi connectivity index (χ3v) is 4.57. The molecule has 0 atom stereocenters. The Morgan fingerprint density at radius 3 is 2.47 bits per heavy atom. The number of aromatic amines is 1. The normalized spacial score (nSPS) is 10.5. The number of methoxy groups -OCH3 is 1. The Kier molecular flexibility index (Phi) is 7.32. The van der Waals surface area contributed by atoms with Crippen molar-refractivity contribution in [1.29, 1.82) is 0 Å². The maximum absolute atomic E-state index is 12.7. The highest BCUT2D eigenvalue weighted by molar-refractivity contribution is 5.99. The lowest BCUT2D eigenvalue weighted by Crippen LogP contribution is -2.25. The molecular formula is C23H27N3O4. The summed E-state index contributed by atoms with van der Waals surface area (Å²) < 4.78 is 16.4. The predicted molar refractivity (Wildman–Crippen MR) is 115 cm³/mol. The summed E-state index contributed by atoms with van der Waals surface area (Å²) in [5.74, 6) is 2.03. The second-order valence-electron chi connectivity index (χ2n) is 6.54. The number of ether oxygens (including phenoxy) is 3. The molecule has 158 valence electrons. The molecule has 30 heavy (non-hydrogen) atoms. The van der Waals surface area contributed by atoms with E-state index in [0.29, 0.717) is 37.4 Å². The molecule has 0 bridgehead atoms. The fraction of sp³-hybridized carbons (Fsp3) is 0.304. The van der Waals surface area contributed by atoms with Crippen LogP contribution in [0, 0.1) is 0 Å². The van der Waals surface area contributed by atoms with Gasteiger partial charge in [0.1, 0.15) is 5.75 Å². The van der Waals surface area contributed by atoms with Gasteiger partial charge in [-0.1, -0.05) is 6.07 Å². The van der Waals surface area contributed by atoms with E-state index in [2.05, 4.69) is 15.5 Å². The minimum absolute atomic E-state index is 0.175. The second-order valence-corrected chi connectivity index (χ2v) is 6.54. The van der Waals surface area contributed by atoms with Gasteiger partial charge in [0, 0.05) is 12.1 Å². The number of hydrogen-bond acceptors (Lipinski definition) is 5. The van der Waals surface area contributed by atoms with Gasteiger partial charge < -0.3 is 19.5 Å². The number of benzene rings is 2. The summed E-state index contributed by atoms with van der Waals surface area (Å²) in [7, 11) is 1.62. The van der Waals surface area contributed by atoms with Gasteiger partial charge in [0.25, 0.3) is 5.91 Å². The number of carbonyl (C=O) groups is 1. The van der Waals surface area contributed by atoms with Gasteiger partial charge in [-0.05, 0) is 62.2 Å². The Hall–Kier alpha value is -3.48. The molecule has 0 aliphatic rings. The average molecular weight is 409 g/mol. The van der Waals surface area contributed by atoms with Crippen LogP contribution in [0.15, 0.2) is 48.7 Å². The molecule has 2 aromatic carbocycles. The van der Waals surface area contributed by atoms with Crippen LogP contribution in [0.25, 0.3) is 11.3 Å². The summed E-state index contributed by atoms with van der Waals surface area (Å²) >= 11 is 0. The molecule has 7 nitrogen and oxygen atoms in total. The molecular weight excluding hydrogens is 382 g/mol. The number of rotatable bonds is 10. The van der Waals surface area contributed by atoms with Gasteiger partial charge >= 0.3 is 0 Å². The van der Waals surface area contributed by atoms with E-state index in [9.17, 15) is 4.79 Å². The molecule has 0 fully saturated rings. The van der Waals surface area contributed by atoms with Gasteiger partial charge in [0.05, 0.1) is 37.8 Å². The zero-order valence-electron chi connectivity index (χ0n) is 17.5. The summed E-state index contributed by atoms with van der Waals surface area (Å²) in [5.41, 5.74) is 3.10. The molecule has 1 heterocycles. The molecule has 0 saturated heterocycles. The zero-order chi connectivity index (χ0) is 21.3. The number of H-pyrrole nitrogens is 1. The monoisotopic (exact) mass is 409 g/mol. The van der Waals surface area contributed by atoms with Crippen LogP contribution in [0.4, 0.5) is 0 Å². The van der Waals surface area contributed by atoms with Gasteiger partial charge in [-0.3, -0.25) is 9.89 Å². The summed E-state index contributed by atoms with van der Waals surface area (Å²) in [4.78, 5) is 12.7. The topological polar surface area (TPSA) is 85.5 Å². The van der Waals surface area contributed by atoms with Crippen molar-refractivity contribution in [3.8, 4) is 28.5 Å². The predicted octanol–water partition coefficient (Wildman–Crippen LogP) is 3.86. The number of nitrogens with zero attached hydrogens (tertiary/aromatic N) is 1. The van der Waals surface area contributed by atoms with Crippen LogP contribution in [0.5, 0.6) is 17.2 Å². The van der Waals surface area contributed by atoms with Crippen molar-refractivity contribution in [3.63, 3.8) is 0 Å². The largest absolute Gasteiger partial charge is 0.497 e. The minimum atomic E-state index is -0.175. The molecule has 0 radical (unpaired) electrons. The van der Waals surface area contributed by atoms with E-state index in [1.54, 1.807) is 13.3 Å². The molecule has 0 spiro atoms. The molecule has 7 heteroatoms. The van der Waals surface area contributed by atoms with Crippen molar-refractivity contribution in [2.24, 2.45) is 0 Å². The first kappa shape index (κ1) is 21.2. The molecule has 3 rings (SSSR count). The fourth-order valence-electron chi connectivity index (χ4n) is 3.10. The quantitative estimate of drug-likeness (QED) is 0.531. The van der Waals surface area contributed by atoms with Gasteiger partial charge in [0.2, 0.25) is 0 Å². The summed E-state index contributed by atoms with van der Waals surface area (Å²) in [5, 5.41) is 9.91. The van der Waals surface area contributed by atoms with Crippen molar-refractivity contribution in [2.75, 3.05) is 26.9 Å². The lowest BCUT2D eigenvalue weighted by molar-refractivity contribution is 0.0955. The maximum atomic E-state index is 12.7. The highest BCUT2D eigenvalue weighted by Gasteiger charge is 2.15. The van der Waals surface area contributed by atoms with Crippen molar-refractivity contribution in [1.82, 2.24) is 15.5 Å². The van der Waals surface area contributed by atoms with Crippen LogP contribution in [0.3, 0.4) is 0 Å². The second kappa shape index (κ2) is 10.3. The summed E-state index contributed by atoms with van der Waals surface area (Å²) in [6.07, 6.45) is 2.22. The van der Waals surface area contributed by atoms with Crippen molar-refractivity contribution in [3.05, 3.63) is 59.8 Å². The number of aromatic nitrogens is 2. The number of amides is 1. The highest BCUT2D eigenvalue weighted by Crippen LogP contribution is 2.28. The van der Waals surface area contributed by atoms with Crippen LogP contribution >= 0.6 is 0 Å². The van der Waals surface area contributed by atoms with E-state index >= 15 is 0 Å². The molecule has 0 aliphatic carbocycles. The lowest BCUT2D eigenvalue weighted by Gasteiger charge is -2.12. The third kappa shape index (κ3) is 5.11.